The summed E-state index contributed by atoms with van der Waals surface area (Å²) >= 11 is 0. The van der Waals surface area contributed by atoms with Gasteiger partial charge in [-0.15, -0.1) is 0 Å². The minimum Gasteiger partial charge on any atom is -0.475 e. The molecule has 2 atom stereocenters. The minimum absolute atomic E-state index is 0.00350. The van der Waals surface area contributed by atoms with Crippen molar-refractivity contribution in [1.29, 1.82) is 0 Å². The van der Waals surface area contributed by atoms with E-state index >= 15 is 0 Å². The molecule has 2 aliphatic rings. The van der Waals surface area contributed by atoms with Crippen molar-refractivity contribution >= 4 is 5.97 Å². The van der Waals surface area contributed by atoms with E-state index in [1.165, 1.54) is 0 Å². The number of carboxylic acids is 1. The van der Waals surface area contributed by atoms with Crippen molar-refractivity contribution in [2.45, 2.75) is 38.8 Å². The van der Waals surface area contributed by atoms with Gasteiger partial charge >= 0.3 is 5.97 Å². The smallest absolute Gasteiger partial charge is 0.370 e. The molecule has 1 saturated carbocycles. The fourth-order valence-corrected chi connectivity index (χ4v) is 2.72. The number of benzene rings is 1. The van der Waals surface area contributed by atoms with Gasteiger partial charge in [0, 0.05) is 6.42 Å². The monoisotopic (exact) mass is 304 g/mol. The number of hydrogen-bond donors (Lipinski definition) is 2. The minimum atomic E-state index is -1.04. The summed E-state index contributed by atoms with van der Waals surface area (Å²) < 4.78 is 11.2. The van der Waals surface area contributed by atoms with Crippen LogP contribution in [0.2, 0.25) is 0 Å². The largest absolute Gasteiger partial charge is 0.475 e. The molecule has 1 heterocycles. The molecular formula is C17H20O5. The van der Waals surface area contributed by atoms with Crippen LogP contribution < -0.4 is 0 Å². The Hall–Kier alpha value is -1.85. The highest BCUT2D eigenvalue weighted by Crippen LogP contribution is 2.42. The number of hydrogen-bond acceptors (Lipinski definition) is 4. The lowest BCUT2D eigenvalue weighted by molar-refractivity contribution is -0.162. The summed E-state index contributed by atoms with van der Waals surface area (Å²) in [6.45, 7) is 0.378. The Morgan fingerprint density at radius 2 is 1.91 bits per heavy atom. The van der Waals surface area contributed by atoms with Gasteiger partial charge in [0.25, 0.3) is 0 Å². The van der Waals surface area contributed by atoms with E-state index in [1.807, 2.05) is 24.3 Å². The predicted octanol–water partition coefficient (Wildman–Crippen LogP) is 2.44. The Morgan fingerprint density at radius 3 is 2.50 bits per heavy atom. The number of aliphatic carboxylic acids is 1. The average molecular weight is 304 g/mol. The molecule has 1 aromatic carbocycles. The van der Waals surface area contributed by atoms with E-state index in [-0.39, 0.29) is 18.3 Å². The van der Waals surface area contributed by atoms with Gasteiger partial charge < -0.3 is 19.7 Å². The quantitative estimate of drug-likeness (QED) is 0.844. The molecule has 0 radical (unpaired) electrons. The zero-order valence-electron chi connectivity index (χ0n) is 12.3. The van der Waals surface area contributed by atoms with Crippen LogP contribution in [0.3, 0.4) is 0 Å². The summed E-state index contributed by atoms with van der Waals surface area (Å²) in [6, 6.07) is 7.47. The van der Waals surface area contributed by atoms with Crippen LogP contribution in [0.4, 0.5) is 0 Å². The number of allylic oxidation sites excluding steroid dienone is 1. The number of rotatable bonds is 6. The molecule has 118 valence electrons. The van der Waals surface area contributed by atoms with Crippen molar-refractivity contribution in [2.75, 3.05) is 0 Å². The highest BCUT2D eigenvalue weighted by Gasteiger charge is 2.37. The second kappa shape index (κ2) is 6.50. The van der Waals surface area contributed by atoms with Gasteiger partial charge in [0.05, 0.1) is 13.2 Å². The Balaban J connectivity index is 1.59. The van der Waals surface area contributed by atoms with Gasteiger partial charge in [-0.25, -0.2) is 4.79 Å². The van der Waals surface area contributed by atoms with E-state index in [9.17, 15) is 4.79 Å². The van der Waals surface area contributed by atoms with Gasteiger partial charge in [-0.3, -0.25) is 0 Å². The van der Waals surface area contributed by atoms with E-state index in [0.29, 0.717) is 18.9 Å². The third-order valence-electron chi connectivity index (χ3n) is 4.17. The zero-order valence-corrected chi connectivity index (χ0v) is 12.3. The van der Waals surface area contributed by atoms with Crippen LogP contribution in [0.5, 0.6) is 0 Å². The molecule has 1 aliphatic heterocycles. The molecule has 22 heavy (non-hydrogen) atoms. The number of carbonyl (C=O) groups is 1. The normalized spacial score (nSPS) is 24.5. The first kappa shape index (κ1) is 15.1. The molecule has 1 aliphatic carbocycles. The maximum absolute atomic E-state index is 11.2. The second-order valence-electron chi connectivity index (χ2n) is 5.91. The summed E-state index contributed by atoms with van der Waals surface area (Å²) in [5.41, 5.74) is 1.82. The molecule has 3 rings (SSSR count). The summed E-state index contributed by atoms with van der Waals surface area (Å²) in [5, 5.41) is 18.2. The van der Waals surface area contributed by atoms with Crippen molar-refractivity contribution < 1.29 is 24.5 Å². The molecule has 5 heteroatoms. The summed E-state index contributed by atoms with van der Waals surface area (Å²) in [7, 11) is 0. The van der Waals surface area contributed by atoms with Crippen molar-refractivity contribution in [1.82, 2.24) is 0 Å². The van der Waals surface area contributed by atoms with E-state index < -0.39 is 12.3 Å². The number of aliphatic hydroxyl groups is 1. The first-order valence-corrected chi connectivity index (χ1v) is 7.57. The SMILES string of the molecule is O=C(O)C1=C[C@@H](C2CC2)C[C@@H](OCc2ccc(CO)cc2)O1. The molecule has 1 fully saturated rings. The van der Waals surface area contributed by atoms with Crippen LogP contribution in [0.25, 0.3) is 0 Å². The molecule has 0 spiro atoms. The lowest BCUT2D eigenvalue weighted by atomic mass is 9.96. The third kappa shape index (κ3) is 3.67. The first-order valence-electron chi connectivity index (χ1n) is 7.57. The van der Waals surface area contributed by atoms with Crippen molar-refractivity contribution in [3.05, 3.63) is 47.2 Å². The molecule has 1 aromatic rings. The van der Waals surface area contributed by atoms with E-state index in [2.05, 4.69) is 0 Å². The predicted molar refractivity (Wildman–Crippen MR) is 78.6 cm³/mol. The molecule has 0 unspecified atom stereocenters. The Kier molecular flexibility index (Phi) is 4.45. The van der Waals surface area contributed by atoms with Crippen molar-refractivity contribution in [3.63, 3.8) is 0 Å². The Labute approximate surface area is 129 Å². The first-order chi connectivity index (χ1) is 10.7. The molecule has 0 amide bonds. The van der Waals surface area contributed by atoms with Gasteiger partial charge in [0.1, 0.15) is 0 Å². The van der Waals surface area contributed by atoms with Crippen LogP contribution in [0.1, 0.15) is 30.4 Å². The lowest BCUT2D eigenvalue weighted by Gasteiger charge is -2.28. The summed E-state index contributed by atoms with van der Waals surface area (Å²) in [6.07, 6.45) is 4.23. The van der Waals surface area contributed by atoms with Gasteiger partial charge in [0.15, 0.2) is 0 Å². The average Bonchev–Trinajstić information content (AvgIpc) is 3.38. The topological polar surface area (TPSA) is 76.0 Å². The summed E-state index contributed by atoms with van der Waals surface area (Å²) in [4.78, 5) is 11.2. The van der Waals surface area contributed by atoms with E-state index in [1.54, 1.807) is 6.08 Å². The van der Waals surface area contributed by atoms with E-state index in [0.717, 1.165) is 24.0 Å². The Morgan fingerprint density at radius 1 is 1.23 bits per heavy atom. The summed E-state index contributed by atoms with van der Waals surface area (Å²) in [5.74, 6) is -0.218. The van der Waals surface area contributed by atoms with Gasteiger partial charge in [-0.05, 0) is 41.9 Å². The molecule has 0 aromatic heterocycles. The van der Waals surface area contributed by atoms with Crippen molar-refractivity contribution in [2.24, 2.45) is 11.8 Å². The standard InChI is InChI=1S/C17H20O5/c18-9-11-1-3-12(4-2-11)10-21-16-8-14(13-5-6-13)7-15(22-16)17(19)20/h1-4,7,13-14,16,18H,5-6,8-10H2,(H,19,20)/t14-,16+/m1/s1. The molecule has 5 nitrogen and oxygen atoms in total. The molecule has 0 saturated heterocycles. The highest BCUT2D eigenvalue weighted by atomic mass is 16.7. The lowest BCUT2D eigenvalue weighted by Crippen LogP contribution is -2.28. The van der Waals surface area contributed by atoms with Crippen LogP contribution in [0, 0.1) is 11.8 Å². The van der Waals surface area contributed by atoms with Gasteiger partial charge in [-0.2, -0.15) is 0 Å². The highest BCUT2D eigenvalue weighted by molar-refractivity contribution is 5.84. The van der Waals surface area contributed by atoms with Crippen LogP contribution in [0.15, 0.2) is 36.1 Å². The maximum atomic E-state index is 11.2. The van der Waals surface area contributed by atoms with Crippen LogP contribution in [-0.4, -0.2) is 22.5 Å². The van der Waals surface area contributed by atoms with Crippen LogP contribution in [-0.2, 0) is 27.5 Å². The number of ether oxygens (including phenoxy) is 2. The maximum Gasteiger partial charge on any atom is 0.370 e. The number of carboxylic acid groups (broad SMARTS) is 1. The Bertz CT molecular complexity index is 559. The fourth-order valence-electron chi connectivity index (χ4n) is 2.72. The third-order valence-corrected chi connectivity index (χ3v) is 4.17. The van der Waals surface area contributed by atoms with Crippen LogP contribution >= 0.6 is 0 Å². The molecular weight excluding hydrogens is 284 g/mol. The zero-order chi connectivity index (χ0) is 15.5. The molecule has 2 N–H and O–H groups in total. The van der Waals surface area contributed by atoms with Gasteiger partial charge in [-0.1, -0.05) is 24.3 Å². The number of aliphatic hydroxyl groups excluding tert-OH is 1. The second-order valence-corrected chi connectivity index (χ2v) is 5.91. The van der Waals surface area contributed by atoms with Crippen molar-refractivity contribution in [3.8, 4) is 0 Å². The van der Waals surface area contributed by atoms with E-state index in [4.69, 9.17) is 19.7 Å². The fraction of sp³-hybridized carbons (Fsp3) is 0.471. The van der Waals surface area contributed by atoms with Gasteiger partial charge in [0.2, 0.25) is 12.0 Å². The molecule has 0 bridgehead atoms.